The molecule has 4 nitrogen and oxygen atoms in total. The Morgan fingerprint density at radius 2 is 2.21 bits per heavy atom. The van der Waals surface area contributed by atoms with Crippen LogP contribution in [-0.2, 0) is 0 Å². The van der Waals surface area contributed by atoms with E-state index in [2.05, 4.69) is 30.2 Å². The first kappa shape index (κ1) is 15.7. The molecule has 5 rings (SSSR count). The summed E-state index contributed by atoms with van der Waals surface area (Å²) in [6.07, 6.45) is 7.83. The minimum atomic E-state index is 0.0735. The van der Waals surface area contributed by atoms with E-state index in [9.17, 15) is 4.79 Å². The number of nitrogens with one attached hydrogen (secondary N) is 1. The fourth-order valence-corrected chi connectivity index (χ4v) is 4.63. The minimum Gasteiger partial charge on any atom is -0.338 e. The lowest BCUT2D eigenvalue weighted by atomic mass is 9.48. The van der Waals surface area contributed by atoms with Crippen molar-refractivity contribution in [2.75, 3.05) is 19.6 Å². The fraction of sp³-hybridized carbons (Fsp3) is 0.600. The summed E-state index contributed by atoms with van der Waals surface area (Å²) in [5.74, 6) is 2.02. The lowest BCUT2D eigenvalue weighted by Crippen LogP contribution is -2.53. The quantitative estimate of drug-likeness (QED) is 0.860. The van der Waals surface area contributed by atoms with Gasteiger partial charge in [0, 0.05) is 37.4 Å². The van der Waals surface area contributed by atoms with Crippen molar-refractivity contribution >= 4 is 6.03 Å². The van der Waals surface area contributed by atoms with Crippen molar-refractivity contribution in [1.82, 2.24) is 15.2 Å². The molecule has 3 aliphatic carbocycles. The van der Waals surface area contributed by atoms with E-state index < -0.39 is 0 Å². The zero-order valence-electron chi connectivity index (χ0n) is 14.7. The number of rotatable bonds is 4. The van der Waals surface area contributed by atoms with Gasteiger partial charge >= 0.3 is 6.03 Å². The Morgan fingerprint density at radius 1 is 1.38 bits per heavy atom. The highest BCUT2D eigenvalue weighted by Crippen LogP contribution is 2.59. The van der Waals surface area contributed by atoms with Crippen LogP contribution in [0.15, 0.2) is 36.0 Å². The number of urea groups is 1. The summed E-state index contributed by atoms with van der Waals surface area (Å²) >= 11 is 0. The fourth-order valence-electron chi connectivity index (χ4n) is 4.63. The molecular weight excluding hydrogens is 298 g/mol. The lowest BCUT2D eigenvalue weighted by molar-refractivity contribution is -0.00812. The predicted octanol–water partition coefficient (Wildman–Crippen LogP) is 3.57. The molecule has 0 aromatic carbocycles. The minimum absolute atomic E-state index is 0.0735. The molecule has 1 N–H and O–H groups in total. The third-order valence-electron chi connectivity index (χ3n) is 6.55. The second kappa shape index (κ2) is 5.91. The van der Waals surface area contributed by atoms with Crippen molar-refractivity contribution in [2.45, 2.75) is 39.0 Å². The maximum atomic E-state index is 12.2. The molecule has 2 fully saturated rings. The second-order valence-electron chi connectivity index (χ2n) is 8.16. The van der Waals surface area contributed by atoms with Gasteiger partial charge in [-0.3, -0.25) is 4.98 Å². The highest BCUT2D eigenvalue weighted by molar-refractivity contribution is 5.75. The normalized spacial score (nSPS) is 27.8. The van der Waals surface area contributed by atoms with Gasteiger partial charge in [-0.15, -0.1) is 0 Å². The summed E-state index contributed by atoms with van der Waals surface area (Å²) in [6, 6.07) is 6.06. The van der Waals surface area contributed by atoms with Gasteiger partial charge in [-0.05, 0) is 48.6 Å². The van der Waals surface area contributed by atoms with Crippen LogP contribution in [0.4, 0.5) is 4.79 Å². The monoisotopic (exact) mass is 325 g/mol. The molecule has 2 amide bonds. The second-order valence-corrected chi connectivity index (χ2v) is 8.16. The van der Waals surface area contributed by atoms with E-state index in [-0.39, 0.29) is 6.03 Å². The molecule has 1 aliphatic heterocycles. The summed E-state index contributed by atoms with van der Waals surface area (Å²) in [4.78, 5) is 18.5. The molecule has 4 aliphatic rings. The summed E-state index contributed by atoms with van der Waals surface area (Å²) in [5.41, 5.74) is 3.13. The van der Waals surface area contributed by atoms with Crippen LogP contribution in [0.1, 0.15) is 44.7 Å². The summed E-state index contributed by atoms with van der Waals surface area (Å²) in [6.45, 7) is 7.11. The number of carbonyl (C=O) groups is 1. The smallest absolute Gasteiger partial charge is 0.317 e. The molecule has 1 aromatic heterocycles. The highest BCUT2D eigenvalue weighted by Gasteiger charge is 2.50. The lowest BCUT2D eigenvalue weighted by Gasteiger charge is -2.56. The Bertz CT molecular complexity index is 646. The number of aromatic nitrogens is 1. The van der Waals surface area contributed by atoms with E-state index in [1.54, 1.807) is 5.57 Å². The van der Waals surface area contributed by atoms with Crippen LogP contribution in [0.3, 0.4) is 0 Å². The molecular formula is C20H27N3O. The Kier molecular flexibility index (Phi) is 3.86. The van der Waals surface area contributed by atoms with Crippen molar-refractivity contribution in [1.29, 1.82) is 0 Å². The molecule has 2 atom stereocenters. The molecule has 4 heteroatoms. The van der Waals surface area contributed by atoms with Gasteiger partial charge in [0.05, 0.1) is 0 Å². The molecule has 0 spiro atoms. The Morgan fingerprint density at radius 3 is 2.88 bits per heavy atom. The summed E-state index contributed by atoms with van der Waals surface area (Å²) in [5, 5.41) is 3.09. The van der Waals surface area contributed by atoms with Crippen molar-refractivity contribution < 1.29 is 4.79 Å². The third kappa shape index (κ3) is 2.62. The van der Waals surface area contributed by atoms with E-state index in [4.69, 9.17) is 0 Å². The molecule has 1 saturated carbocycles. The molecule has 2 bridgehead atoms. The van der Waals surface area contributed by atoms with Gasteiger partial charge in [0.1, 0.15) is 0 Å². The van der Waals surface area contributed by atoms with Crippen molar-refractivity contribution in [2.24, 2.45) is 17.3 Å². The molecule has 1 aromatic rings. The third-order valence-corrected chi connectivity index (χ3v) is 6.55. The van der Waals surface area contributed by atoms with Crippen LogP contribution in [0.25, 0.3) is 0 Å². The average molecular weight is 325 g/mol. The van der Waals surface area contributed by atoms with Crippen LogP contribution in [-0.4, -0.2) is 35.5 Å². The largest absolute Gasteiger partial charge is 0.338 e. The van der Waals surface area contributed by atoms with E-state index in [1.807, 2.05) is 29.3 Å². The molecule has 2 heterocycles. The summed E-state index contributed by atoms with van der Waals surface area (Å²) in [7, 11) is 0. The van der Waals surface area contributed by atoms with Crippen LogP contribution in [0, 0.1) is 17.3 Å². The first-order chi connectivity index (χ1) is 11.6. The van der Waals surface area contributed by atoms with E-state index in [0.29, 0.717) is 11.3 Å². The number of pyridine rings is 1. The average Bonchev–Trinajstić information content (AvgIpc) is 2.54. The number of amides is 2. The number of allylic oxidation sites excluding steroid dienone is 1. The molecule has 1 saturated heterocycles. The number of carbonyl (C=O) groups excluding carboxylic acids is 1. The van der Waals surface area contributed by atoms with Gasteiger partial charge < -0.3 is 10.2 Å². The molecule has 128 valence electrons. The Labute approximate surface area is 144 Å². The van der Waals surface area contributed by atoms with Crippen LogP contribution in [0.5, 0.6) is 0 Å². The number of fused-ring (bicyclic) bond motifs is 1. The zero-order chi connectivity index (χ0) is 16.7. The SMILES string of the molecule is CC1(C)[C@H]2CC=C(CCNC(=O)N3CC(c4ccccn4)C3)[C@@H]1C2. The molecule has 0 unspecified atom stereocenters. The van der Waals surface area contributed by atoms with Crippen LogP contribution >= 0.6 is 0 Å². The van der Waals surface area contributed by atoms with Crippen molar-refractivity contribution in [3.05, 3.63) is 41.7 Å². The molecule has 24 heavy (non-hydrogen) atoms. The Balaban J connectivity index is 1.21. The number of hydrogen-bond acceptors (Lipinski definition) is 2. The number of nitrogens with zero attached hydrogens (tertiary/aromatic N) is 2. The maximum absolute atomic E-state index is 12.2. The van der Waals surface area contributed by atoms with E-state index in [0.717, 1.165) is 43.6 Å². The van der Waals surface area contributed by atoms with E-state index >= 15 is 0 Å². The van der Waals surface area contributed by atoms with E-state index in [1.165, 1.54) is 12.8 Å². The summed E-state index contributed by atoms with van der Waals surface area (Å²) < 4.78 is 0. The van der Waals surface area contributed by atoms with Crippen LogP contribution in [0.2, 0.25) is 0 Å². The maximum Gasteiger partial charge on any atom is 0.317 e. The van der Waals surface area contributed by atoms with Crippen molar-refractivity contribution in [3.63, 3.8) is 0 Å². The standard InChI is InChI=1S/C20H27N3O/c1-20(2)16-7-6-14(17(20)11-16)8-10-22-19(24)23-12-15(13-23)18-5-3-4-9-21-18/h3-6,9,15-17H,7-8,10-13H2,1-2H3,(H,22,24)/t16-,17-/m0/s1. The zero-order valence-corrected chi connectivity index (χ0v) is 14.7. The highest BCUT2D eigenvalue weighted by atomic mass is 16.2. The number of hydrogen-bond donors (Lipinski definition) is 1. The molecule has 0 radical (unpaired) electrons. The Hall–Kier alpha value is -1.84. The van der Waals surface area contributed by atoms with Gasteiger partial charge in [0.25, 0.3) is 0 Å². The van der Waals surface area contributed by atoms with Gasteiger partial charge in [0.2, 0.25) is 0 Å². The van der Waals surface area contributed by atoms with Crippen molar-refractivity contribution in [3.8, 4) is 0 Å². The first-order valence-electron chi connectivity index (χ1n) is 9.18. The van der Waals surface area contributed by atoms with Gasteiger partial charge in [-0.25, -0.2) is 4.79 Å². The number of likely N-dealkylation sites (tertiary alicyclic amines) is 1. The van der Waals surface area contributed by atoms with Gasteiger partial charge in [0.15, 0.2) is 0 Å². The first-order valence-corrected chi connectivity index (χ1v) is 9.18. The van der Waals surface area contributed by atoms with Gasteiger partial charge in [-0.2, -0.15) is 0 Å². The topological polar surface area (TPSA) is 45.2 Å². The van der Waals surface area contributed by atoms with Crippen LogP contribution < -0.4 is 5.32 Å². The van der Waals surface area contributed by atoms with Gasteiger partial charge in [-0.1, -0.05) is 31.6 Å². The predicted molar refractivity (Wildman–Crippen MR) is 94.6 cm³/mol.